The van der Waals surface area contributed by atoms with Gasteiger partial charge in [-0.2, -0.15) is 0 Å². The summed E-state index contributed by atoms with van der Waals surface area (Å²) in [7, 11) is 0. The van der Waals surface area contributed by atoms with Gasteiger partial charge in [0, 0.05) is 6.54 Å². The van der Waals surface area contributed by atoms with Gasteiger partial charge in [-0.05, 0) is 6.92 Å². The first-order valence-electron chi connectivity index (χ1n) is 2.71. The number of hydrogen-bond donors (Lipinski definition) is 1. The number of anilines is 1. The van der Waals surface area contributed by atoms with Crippen molar-refractivity contribution in [2.24, 2.45) is 0 Å². The van der Waals surface area contributed by atoms with E-state index in [0.717, 1.165) is 5.69 Å². The predicted octanol–water partition coefficient (Wildman–Crippen LogP) is 0.723. The van der Waals surface area contributed by atoms with Crippen LogP contribution in [-0.2, 0) is 0 Å². The van der Waals surface area contributed by atoms with Gasteiger partial charge in [-0.25, -0.2) is 9.97 Å². The molecule has 0 spiro atoms. The average molecular weight is 122 g/mol. The molecule has 0 fully saturated rings. The van der Waals surface area contributed by atoms with E-state index in [0.29, 0.717) is 6.54 Å². The molecule has 0 saturated heterocycles. The molecule has 0 aliphatic carbocycles. The van der Waals surface area contributed by atoms with Gasteiger partial charge in [0.1, 0.15) is 6.33 Å². The summed E-state index contributed by atoms with van der Waals surface area (Å²) in [5.41, 5.74) is 0.910. The highest BCUT2D eigenvalue weighted by Gasteiger charge is 1.83. The molecule has 1 N–H and O–H groups in total. The second kappa shape index (κ2) is 3.02. The molecule has 0 atom stereocenters. The zero-order chi connectivity index (χ0) is 6.53. The van der Waals surface area contributed by atoms with Crippen LogP contribution in [0.25, 0.3) is 0 Å². The third-order valence-electron chi connectivity index (χ3n) is 0.890. The van der Waals surface area contributed by atoms with E-state index >= 15 is 0 Å². The van der Waals surface area contributed by atoms with Gasteiger partial charge >= 0.3 is 0 Å². The van der Waals surface area contributed by atoms with Gasteiger partial charge in [0.25, 0.3) is 0 Å². The maximum atomic E-state index is 3.80. The molecule has 0 amide bonds. The standard InChI is InChI=1S/C6H8N3/c1-2-9-6-3-7-5-8-4-6/h3-5,9H,1-2H2. The number of hydrogen-bond acceptors (Lipinski definition) is 3. The fourth-order valence-corrected chi connectivity index (χ4v) is 0.535. The summed E-state index contributed by atoms with van der Waals surface area (Å²) in [5.74, 6) is 0. The van der Waals surface area contributed by atoms with Crippen LogP contribution < -0.4 is 5.32 Å². The highest BCUT2D eigenvalue weighted by Crippen LogP contribution is 1.97. The normalized spacial score (nSPS) is 9.00. The number of rotatable bonds is 2. The lowest BCUT2D eigenvalue weighted by Gasteiger charge is -1.97. The summed E-state index contributed by atoms with van der Waals surface area (Å²) in [4.78, 5) is 7.60. The maximum Gasteiger partial charge on any atom is 0.115 e. The lowest BCUT2D eigenvalue weighted by molar-refractivity contribution is 1.15. The van der Waals surface area contributed by atoms with Crippen LogP contribution >= 0.6 is 0 Å². The molecular formula is C6H8N3. The molecule has 9 heavy (non-hydrogen) atoms. The third-order valence-corrected chi connectivity index (χ3v) is 0.890. The molecule has 0 bridgehead atoms. The fourth-order valence-electron chi connectivity index (χ4n) is 0.535. The van der Waals surface area contributed by atoms with Gasteiger partial charge in [0.15, 0.2) is 0 Å². The minimum Gasteiger partial charge on any atom is -0.383 e. The Kier molecular flexibility index (Phi) is 2.01. The van der Waals surface area contributed by atoms with Gasteiger partial charge in [-0.1, -0.05) is 0 Å². The Hall–Kier alpha value is -1.12. The molecule has 3 heteroatoms. The molecule has 0 unspecified atom stereocenters. The average Bonchev–Trinajstić information content (AvgIpc) is 1.91. The van der Waals surface area contributed by atoms with Crippen LogP contribution in [0.2, 0.25) is 0 Å². The van der Waals surface area contributed by atoms with Crippen LogP contribution in [0, 0.1) is 6.92 Å². The molecule has 0 saturated carbocycles. The van der Waals surface area contributed by atoms with Gasteiger partial charge in [0.05, 0.1) is 18.1 Å². The van der Waals surface area contributed by atoms with Crippen molar-refractivity contribution in [2.45, 2.75) is 0 Å². The number of nitrogens with zero attached hydrogens (tertiary/aromatic N) is 2. The predicted molar refractivity (Wildman–Crippen MR) is 35.9 cm³/mol. The van der Waals surface area contributed by atoms with Crippen LogP contribution in [0.3, 0.4) is 0 Å². The van der Waals surface area contributed by atoms with Crippen LogP contribution in [-0.4, -0.2) is 16.5 Å². The van der Waals surface area contributed by atoms with Crippen molar-refractivity contribution in [1.29, 1.82) is 0 Å². The first-order chi connectivity index (χ1) is 4.43. The van der Waals surface area contributed by atoms with Crippen LogP contribution in [0.15, 0.2) is 18.7 Å². The van der Waals surface area contributed by atoms with E-state index in [9.17, 15) is 0 Å². The Bertz CT molecular complexity index is 161. The lowest BCUT2D eigenvalue weighted by Crippen LogP contribution is -1.96. The highest BCUT2D eigenvalue weighted by molar-refractivity contribution is 5.36. The molecule has 3 nitrogen and oxygen atoms in total. The molecule has 0 aliphatic heterocycles. The minimum absolute atomic E-state index is 0.660. The van der Waals surface area contributed by atoms with Gasteiger partial charge < -0.3 is 5.32 Å². The summed E-state index contributed by atoms with van der Waals surface area (Å²) in [5, 5.41) is 2.97. The first-order valence-corrected chi connectivity index (χ1v) is 2.71. The molecule has 1 radical (unpaired) electrons. The van der Waals surface area contributed by atoms with Gasteiger partial charge in [-0.3, -0.25) is 0 Å². The summed E-state index contributed by atoms with van der Waals surface area (Å²) < 4.78 is 0. The zero-order valence-corrected chi connectivity index (χ0v) is 5.04. The molecule has 0 aliphatic rings. The van der Waals surface area contributed by atoms with E-state index < -0.39 is 0 Å². The smallest absolute Gasteiger partial charge is 0.115 e. The quantitative estimate of drug-likeness (QED) is 0.628. The van der Waals surface area contributed by atoms with Crippen molar-refractivity contribution in [3.8, 4) is 0 Å². The fraction of sp³-hybridized carbons (Fsp3) is 0.167. The van der Waals surface area contributed by atoms with Crippen molar-refractivity contribution in [3.63, 3.8) is 0 Å². The minimum atomic E-state index is 0.660. The van der Waals surface area contributed by atoms with Crippen molar-refractivity contribution >= 4 is 5.69 Å². The Morgan fingerprint density at radius 3 is 2.67 bits per heavy atom. The van der Waals surface area contributed by atoms with E-state index in [4.69, 9.17) is 0 Å². The lowest BCUT2D eigenvalue weighted by atomic mass is 10.5. The zero-order valence-electron chi connectivity index (χ0n) is 5.04. The summed E-state index contributed by atoms with van der Waals surface area (Å²) in [6.45, 7) is 4.27. The van der Waals surface area contributed by atoms with Gasteiger partial charge in [0.2, 0.25) is 0 Å². The van der Waals surface area contributed by atoms with Crippen molar-refractivity contribution in [3.05, 3.63) is 25.6 Å². The third kappa shape index (κ3) is 1.68. The SMILES string of the molecule is [CH2]CNc1cncnc1. The Morgan fingerprint density at radius 2 is 2.11 bits per heavy atom. The van der Waals surface area contributed by atoms with E-state index in [1.807, 2.05) is 0 Å². The van der Waals surface area contributed by atoms with E-state index in [1.54, 1.807) is 12.4 Å². The largest absolute Gasteiger partial charge is 0.383 e. The highest BCUT2D eigenvalue weighted by atomic mass is 14.9. The molecule has 1 aromatic rings. The number of aromatic nitrogens is 2. The second-order valence-corrected chi connectivity index (χ2v) is 1.55. The van der Waals surface area contributed by atoms with E-state index in [2.05, 4.69) is 22.2 Å². The molecule has 47 valence electrons. The number of nitrogens with one attached hydrogen (secondary N) is 1. The summed E-state index contributed by atoms with van der Waals surface area (Å²) in [6.07, 6.45) is 4.91. The maximum absolute atomic E-state index is 3.80. The Labute approximate surface area is 54.2 Å². The van der Waals surface area contributed by atoms with Crippen molar-refractivity contribution in [1.82, 2.24) is 9.97 Å². The van der Waals surface area contributed by atoms with E-state index in [1.165, 1.54) is 6.33 Å². The molecule has 1 heterocycles. The first kappa shape index (κ1) is 6.01. The van der Waals surface area contributed by atoms with Crippen LogP contribution in [0.5, 0.6) is 0 Å². The Balaban J connectivity index is 2.61. The molecule has 0 aromatic carbocycles. The Morgan fingerprint density at radius 1 is 1.44 bits per heavy atom. The van der Waals surface area contributed by atoms with Crippen molar-refractivity contribution in [2.75, 3.05) is 11.9 Å². The topological polar surface area (TPSA) is 37.8 Å². The molecular weight excluding hydrogens is 114 g/mol. The second-order valence-electron chi connectivity index (χ2n) is 1.55. The summed E-state index contributed by atoms with van der Waals surface area (Å²) >= 11 is 0. The van der Waals surface area contributed by atoms with Crippen molar-refractivity contribution < 1.29 is 0 Å². The monoisotopic (exact) mass is 122 g/mol. The molecule has 1 aromatic heterocycles. The van der Waals surface area contributed by atoms with Crippen LogP contribution in [0.4, 0.5) is 5.69 Å². The summed E-state index contributed by atoms with van der Waals surface area (Å²) in [6, 6.07) is 0. The van der Waals surface area contributed by atoms with Crippen LogP contribution in [0.1, 0.15) is 0 Å². The van der Waals surface area contributed by atoms with Gasteiger partial charge in [-0.15, -0.1) is 0 Å². The van der Waals surface area contributed by atoms with E-state index in [-0.39, 0.29) is 0 Å². The molecule has 1 rings (SSSR count).